The van der Waals surface area contributed by atoms with Gasteiger partial charge in [-0.2, -0.15) is 13.8 Å². The molecule has 2 heterocycles. The van der Waals surface area contributed by atoms with Crippen molar-refractivity contribution >= 4 is 38.7 Å². The Morgan fingerprint density at radius 1 is 1.02 bits per heavy atom. The first-order chi connectivity index (χ1) is 19.5. The summed E-state index contributed by atoms with van der Waals surface area (Å²) in [5.41, 5.74) is 1.76. The monoisotopic (exact) mass is 590 g/mol. The second-order valence-corrected chi connectivity index (χ2v) is 12.7. The molecule has 10 nitrogen and oxygen atoms in total. The van der Waals surface area contributed by atoms with Crippen molar-refractivity contribution in [2.45, 2.75) is 49.5 Å². The number of piperidine rings is 1. The van der Waals surface area contributed by atoms with E-state index >= 15 is 0 Å². The molecule has 0 spiro atoms. The number of benzene rings is 2. The zero-order chi connectivity index (χ0) is 29.7. The van der Waals surface area contributed by atoms with Gasteiger partial charge in [0.2, 0.25) is 5.95 Å². The Labute approximate surface area is 239 Å². The quantitative estimate of drug-likeness (QED) is 0.306. The molecule has 1 aliphatic rings. The number of sulfone groups is 1. The number of alkyl halides is 2. The number of methoxy groups -OCH3 is 1. The van der Waals surface area contributed by atoms with Crippen LogP contribution in [-0.2, 0) is 9.84 Å². The predicted molar refractivity (Wildman–Crippen MR) is 156 cm³/mol. The van der Waals surface area contributed by atoms with Crippen LogP contribution in [0.5, 0.6) is 11.5 Å². The highest BCUT2D eigenvalue weighted by molar-refractivity contribution is 7.92. The molecule has 1 fully saturated rings. The Morgan fingerprint density at radius 3 is 2.37 bits per heavy atom. The molecule has 13 heteroatoms. The maximum atomic E-state index is 13.2. The van der Waals surface area contributed by atoms with Crippen LogP contribution in [0.15, 0.2) is 53.6 Å². The summed E-state index contributed by atoms with van der Waals surface area (Å²) < 4.78 is 62.4. The Bertz CT molecular complexity index is 1450. The number of anilines is 5. The van der Waals surface area contributed by atoms with E-state index in [2.05, 4.69) is 49.2 Å². The van der Waals surface area contributed by atoms with Gasteiger partial charge in [-0.05, 0) is 65.0 Å². The van der Waals surface area contributed by atoms with Gasteiger partial charge in [-0.1, -0.05) is 12.1 Å². The molecule has 2 aromatic carbocycles. The van der Waals surface area contributed by atoms with Crippen molar-refractivity contribution in [3.8, 4) is 11.5 Å². The number of hydrogen-bond acceptors (Lipinski definition) is 10. The van der Waals surface area contributed by atoms with Crippen molar-refractivity contribution < 1.29 is 26.7 Å². The minimum absolute atomic E-state index is 0.0120. The Balaban J connectivity index is 1.61. The second kappa shape index (κ2) is 12.9. The molecule has 1 saturated heterocycles. The smallest absolute Gasteiger partial charge is 0.387 e. The van der Waals surface area contributed by atoms with Crippen molar-refractivity contribution in [3.63, 3.8) is 0 Å². The molecule has 0 aliphatic carbocycles. The van der Waals surface area contributed by atoms with Gasteiger partial charge >= 0.3 is 6.61 Å². The van der Waals surface area contributed by atoms with Crippen LogP contribution in [0.3, 0.4) is 0 Å². The summed E-state index contributed by atoms with van der Waals surface area (Å²) in [6.45, 7) is 1.85. The van der Waals surface area contributed by atoms with Crippen molar-refractivity contribution in [2.75, 3.05) is 49.8 Å². The molecular weight excluding hydrogens is 554 g/mol. The standard InChI is InChI=1S/C28H36F2N6O4S/c1-18(2)41(37,38)25-9-7-6-8-22(25)32-26-24(40-27(29)30)17-31-28(34-26)33-21-11-10-20(16-23(21)39-5)36-14-12-19(13-15-36)35(3)4/h6-11,16-19,27H,12-15H2,1-5H3,(H2,31,32,33,34). The second-order valence-electron chi connectivity index (χ2n) is 10.2. The minimum Gasteiger partial charge on any atom is -0.494 e. The molecule has 0 bridgehead atoms. The molecule has 0 saturated carbocycles. The van der Waals surface area contributed by atoms with Crippen LogP contribution in [0, 0.1) is 0 Å². The molecule has 1 aromatic heterocycles. The Kier molecular flexibility index (Phi) is 9.49. The van der Waals surface area contributed by atoms with Crippen LogP contribution in [0.25, 0.3) is 0 Å². The zero-order valence-corrected chi connectivity index (χ0v) is 24.6. The SMILES string of the molecule is COc1cc(N2CCC(N(C)C)CC2)ccc1Nc1ncc(OC(F)F)c(Nc2ccccc2S(=O)(=O)C(C)C)n1. The van der Waals surface area contributed by atoms with Gasteiger partial charge in [0, 0.05) is 30.9 Å². The van der Waals surface area contributed by atoms with E-state index in [-0.39, 0.29) is 28.1 Å². The fourth-order valence-electron chi connectivity index (χ4n) is 4.64. The number of nitrogens with zero attached hydrogens (tertiary/aromatic N) is 4. The van der Waals surface area contributed by atoms with Crippen molar-refractivity contribution in [3.05, 3.63) is 48.7 Å². The number of rotatable bonds is 11. The first-order valence-corrected chi connectivity index (χ1v) is 14.8. The molecule has 0 unspecified atom stereocenters. The fraction of sp³-hybridized carbons (Fsp3) is 0.429. The normalized spacial score (nSPS) is 14.5. The van der Waals surface area contributed by atoms with Crippen molar-refractivity contribution in [1.82, 2.24) is 14.9 Å². The molecule has 222 valence electrons. The number of ether oxygens (including phenoxy) is 2. The topological polar surface area (TPSA) is 109 Å². The fourth-order valence-corrected chi connectivity index (χ4v) is 5.84. The highest BCUT2D eigenvalue weighted by atomic mass is 32.2. The molecule has 41 heavy (non-hydrogen) atoms. The van der Waals surface area contributed by atoms with Crippen LogP contribution >= 0.6 is 0 Å². The van der Waals surface area contributed by atoms with Gasteiger partial charge in [-0.3, -0.25) is 0 Å². The lowest BCUT2D eigenvalue weighted by molar-refractivity contribution is -0.0497. The number of nitrogens with one attached hydrogen (secondary N) is 2. The van der Waals surface area contributed by atoms with Gasteiger partial charge in [-0.25, -0.2) is 13.4 Å². The summed E-state index contributed by atoms with van der Waals surface area (Å²) >= 11 is 0. The molecule has 3 aromatic rings. The van der Waals surface area contributed by atoms with E-state index < -0.39 is 21.7 Å². The van der Waals surface area contributed by atoms with Crippen LogP contribution in [-0.4, -0.2) is 75.5 Å². The Morgan fingerprint density at radius 2 is 1.73 bits per heavy atom. The van der Waals surface area contributed by atoms with E-state index in [1.54, 1.807) is 33.1 Å². The number of hydrogen-bond donors (Lipinski definition) is 2. The summed E-state index contributed by atoms with van der Waals surface area (Å²) in [7, 11) is 2.08. The molecular formula is C28H36F2N6O4S. The molecule has 4 rings (SSSR count). The summed E-state index contributed by atoms with van der Waals surface area (Å²) in [4.78, 5) is 13.1. The summed E-state index contributed by atoms with van der Waals surface area (Å²) in [5, 5.41) is 5.23. The maximum absolute atomic E-state index is 13.2. The number of halogens is 2. The summed E-state index contributed by atoms with van der Waals surface area (Å²) in [6.07, 6.45) is 3.22. The Hall–Kier alpha value is -3.71. The lowest BCUT2D eigenvalue weighted by Crippen LogP contribution is -2.41. The first kappa shape index (κ1) is 30.3. The highest BCUT2D eigenvalue weighted by Gasteiger charge is 2.25. The van der Waals surface area contributed by atoms with Crippen LogP contribution in [0.1, 0.15) is 26.7 Å². The molecule has 0 amide bonds. The van der Waals surface area contributed by atoms with Crippen molar-refractivity contribution in [1.29, 1.82) is 0 Å². The number of aromatic nitrogens is 2. The highest BCUT2D eigenvalue weighted by Crippen LogP contribution is 2.35. The van der Waals surface area contributed by atoms with E-state index in [0.29, 0.717) is 17.5 Å². The van der Waals surface area contributed by atoms with E-state index in [0.717, 1.165) is 37.8 Å². The number of para-hydroxylation sites is 1. The summed E-state index contributed by atoms with van der Waals surface area (Å²) in [5.74, 6) is 0.145. The third kappa shape index (κ3) is 7.14. The van der Waals surface area contributed by atoms with Gasteiger partial charge in [0.1, 0.15) is 5.75 Å². The van der Waals surface area contributed by atoms with Gasteiger partial charge in [0.05, 0.1) is 34.8 Å². The predicted octanol–water partition coefficient (Wildman–Crippen LogP) is 5.29. The summed E-state index contributed by atoms with van der Waals surface area (Å²) in [6, 6.07) is 12.5. The van der Waals surface area contributed by atoms with Crippen LogP contribution in [0.4, 0.5) is 37.6 Å². The lowest BCUT2D eigenvalue weighted by atomic mass is 10.0. The van der Waals surface area contributed by atoms with E-state index in [1.165, 1.54) is 12.1 Å². The molecule has 0 atom stereocenters. The molecule has 2 N–H and O–H groups in total. The van der Waals surface area contributed by atoms with Gasteiger partial charge in [0.15, 0.2) is 21.4 Å². The average Bonchev–Trinajstić information content (AvgIpc) is 2.94. The molecule has 0 radical (unpaired) electrons. The third-order valence-electron chi connectivity index (χ3n) is 7.03. The van der Waals surface area contributed by atoms with Gasteiger partial charge < -0.3 is 29.9 Å². The lowest BCUT2D eigenvalue weighted by Gasteiger charge is -2.36. The average molecular weight is 591 g/mol. The van der Waals surface area contributed by atoms with Crippen LogP contribution in [0.2, 0.25) is 0 Å². The van der Waals surface area contributed by atoms with E-state index in [1.807, 2.05) is 18.2 Å². The zero-order valence-electron chi connectivity index (χ0n) is 23.8. The largest absolute Gasteiger partial charge is 0.494 e. The van der Waals surface area contributed by atoms with Gasteiger partial charge in [0.25, 0.3) is 0 Å². The first-order valence-electron chi connectivity index (χ1n) is 13.3. The van der Waals surface area contributed by atoms with E-state index in [9.17, 15) is 17.2 Å². The van der Waals surface area contributed by atoms with Crippen LogP contribution < -0.4 is 25.0 Å². The van der Waals surface area contributed by atoms with Crippen molar-refractivity contribution in [2.24, 2.45) is 0 Å². The van der Waals surface area contributed by atoms with Gasteiger partial charge in [-0.15, -0.1) is 0 Å². The molecule has 1 aliphatic heterocycles. The van der Waals surface area contributed by atoms with E-state index in [4.69, 9.17) is 4.74 Å². The maximum Gasteiger partial charge on any atom is 0.387 e. The minimum atomic E-state index is -3.69. The third-order valence-corrected chi connectivity index (χ3v) is 9.24.